The van der Waals surface area contributed by atoms with Gasteiger partial charge in [-0.2, -0.15) is 0 Å². The lowest BCUT2D eigenvalue weighted by molar-refractivity contribution is -0.140. The summed E-state index contributed by atoms with van der Waals surface area (Å²) < 4.78 is 15.8. The van der Waals surface area contributed by atoms with E-state index in [9.17, 15) is 14.7 Å². The Morgan fingerprint density at radius 2 is 1.77 bits per heavy atom. The monoisotopic (exact) mass is 412 g/mol. The van der Waals surface area contributed by atoms with Crippen LogP contribution in [0, 0.1) is 0 Å². The zero-order chi connectivity index (χ0) is 21.7. The average molecular weight is 412 g/mol. The molecule has 0 saturated carbocycles. The van der Waals surface area contributed by atoms with Crippen molar-refractivity contribution in [3.05, 3.63) is 59.4 Å². The second-order valence-electron chi connectivity index (χ2n) is 6.69. The van der Waals surface area contributed by atoms with Crippen molar-refractivity contribution in [2.24, 2.45) is 0 Å². The fourth-order valence-electron chi connectivity index (χ4n) is 3.52. The number of methoxy groups -OCH3 is 3. The molecule has 1 fully saturated rings. The van der Waals surface area contributed by atoms with Crippen LogP contribution < -0.4 is 9.47 Å². The van der Waals surface area contributed by atoms with Crippen LogP contribution >= 0.6 is 0 Å². The first-order chi connectivity index (χ1) is 14.5. The summed E-state index contributed by atoms with van der Waals surface area (Å²) in [5.74, 6) is -0.666. The van der Waals surface area contributed by atoms with Crippen molar-refractivity contribution in [3.63, 3.8) is 0 Å². The molecule has 30 heavy (non-hydrogen) atoms. The number of likely N-dealkylation sites (tertiary alicyclic amines) is 1. The van der Waals surface area contributed by atoms with E-state index in [-0.39, 0.29) is 11.3 Å². The van der Waals surface area contributed by atoms with Crippen molar-refractivity contribution in [2.75, 3.05) is 34.5 Å². The normalized spacial score (nSPS) is 18.0. The van der Waals surface area contributed by atoms with Crippen molar-refractivity contribution >= 4 is 17.4 Å². The van der Waals surface area contributed by atoms with E-state index in [1.54, 1.807) is 37.4 Å². The highest BCUT2D eigenvalue weighted by Crippen LogP contribution is 2.41. The van der Waals surface area contributed by atoms with Crippen LogP contribution in [0.4, 0.5) is 0 Å². The first-order valence-electron chi connectivity index (χ1n) is 9.43. The molecule has 1 aromatic carbocycles. The number of amides is 1. The summed E-state index contributed by atoms with van der Waals surface area (Å²) in [6.45, 7) is 0.733. The number of carbonyl (C=O) groups is 2. The number of rotatable bonds is 8. The molecule has 0 radical (unpaired) electrons. The van der Waals surface area contributed by atoms with Crippen LogP contribution in [0.2, 0.25) is 0 Å². The minimum atomic E-state index is -0.769. The van der Waals surface area contributed by atoms with E-state index in [1.165, 1.54) is 31.5 Å². The van der Waals surface area contributed by atoms with Crippen molar-refractivity contribution in [2.45, 2.75) is 12.5 Å². The summed E-state index contributed by atoms with van der Waals surface area (Å²) in [4.78, 5) is 31.1. The summed E-state index contributed by atoms with van der Waals surface area (Å²) in [6.07, 6.45) is 3.56. The molecule has 1 N–H and O–H groups in total. The van der Waals surface area contributed by atoms with Crippen molar-refractivity contribution in [1.82, 2.24) is 9.88 Å². The van der Waals surface area contributed by atoms with Gasteiger partial charge in [0, 0.05) is 38.2 Å². The molecule has 3 rings (SSSR count). The van der Waals surface area contributed by atoms with Gasteiger partial charge in [0.1, 0.15) is 5.76 Å². The smallest absolute Gasteiger partial charge is 0.295 e. The Morgan fingerprint density at radius 3 is 2.40 bits per heavy atom. The van der Waals surface area contributed by atoms with Crippen LogP contribution in [0.5, 0.6) is 11.5 Å². The highest BCUT2D eigenvalue weighted by Gasteiger charge is 2.46. The summed E-state index contributed by atoms with van der Waals surface area (Å²) in [5, 5.41) is 10.9. The predicted octanol–water partition coefficient (Wildman–Crippen LogP) is 2.56. The molecule has 8 heteroatoms. The lowest BCUT2D eigenvalue weighted by Gasteiger charge is -2.26. The maximum Gasteiger partial charge on any atom is 0.295 e. The van der Waals surface area contributed by atoms with Gasteiger partial charge in [-0.15, -0.1) is 0 Å². The maximum absolute atomic E-state index is 12.9. The summed E-state index contributed by atoms with van der Waals surface area (Å²) in [5.41, 5.74) is 1.06. The number of pyridine rings is 1. The van der Waals surface area contributed by atoms with Crippen LogP contribution in [0.25, 0.3) is 5.76 Å². The zero-order valence-electron chi connectivity index (χ0n) is 17.1. The molecule has 158 valence electrons. The quantitative estimate of drug-likeness (QED) is 0.308. The lowest BCUT2D eigenvalue weighted by Crippen LogP contribution is -2.31. The molecule has 1 aliphatic rings. The largest absolute Gasteiger partial charge is 0.507 e. The molecule has 2 aromatic rings. The van der Waals surface area contributed by atoms with Gasteiger partial charge in [-0.25, -0.2) is 0 Å². The van der Waals surface area contributed by atoms with E-state index < -0.39 is 17.7 Å². The molecule has 1 aromatic heterocycles. The van der Waals surface area contributed by atoms with Crippen LogP contribution in [0.1, 0.15) is 23.6 Å². The molecular weight excluding hydrogens is 388 g/mol. The van der Waals surface area contributed by atoms with E-state index in [4.69, 9.17) is 14.2 Å². The third kappa shape index (κ3) is 3.99. The average Bonchev–Trinajstić information content (AvgIpc) is 3.03. The number of hydrogen-bond donors (Lipinski definition) is 1. The molecule has 1 saturated heterocycles. The van der Waals surface area contributed by atoms with Gasteiger partial charge in [0.05, 0.1) is 25.8 Å². The molecule has 1 aliphatic heterocycles. The van der Waals surface area contributed by atoms with Gasteiger partial charge in [0.25, 0.3) is 11.7 Å². The molecule has 0 spiro atoms. The third-order valence-corrected chi connectivity index (χ3v) is 4.96. The van der Waals surface area contributed by atoms with E-state index in [2.05, 4.69) is 4.98 Å². The number of Topliss-reactive ketones (excluding diaryl/α,β-unsaturated/α-hetero) is 1. The van der Waals surface area contributed by atoms with Crippen LogP contribution in [-0.4, -0.2) is 61.2 Å². The maximum atomic E-state index is 12.9. The lowest BCUT2D eigenvalue weighted by atomic mass is 9.95. The van der Waals surface area contributed by atoms with Crippen LogP contribution in [0.15, 0.2) is 48.3 Å². The predicted molar refractivity (Wildman–Crippen MR) is 109 cm³/mol. The molecule has 2 heterocycles. The van der Waals surface area contributed by atoms with Gasteiger partial charge in [0.15, 0.2) is 11.5 Å². The zero-order valence-corrected chi connectivity index (χ0v) is 17.1. The van der Waals surface area contributed by atoms with Gasteiger partial charge in [-0.05, 0) is 36.2 Å². The topological polar surface area (TPSA) is 98.2 Å². The molecule has 1 atom stereocenters. The number of aliphatic hydroxyl groups excluding tert-OH is 1. The van der Waals surface area contributed by atoms with Crippen LogP contribution in [0.3, 0.4) is 0 Å². The van der Waals surface area contributed by atoms with E-state index in [0.29, 0.717) is 42.2 Å². The van der Waals surface area contributed by atoms with Gasteiger partial charge < -0.3 is 24.2 Å². The van der Waals surface area contributed by atoms with E-state index in [0.717, 1.165) is 0 Å². The molecule has 1 amide bonds. The van der Waals surface area contributed by atoms with Gasteiger partial charge >= 0.3 is 0 Å². The standard InChI is InChI=1S/C22H24N2O6/c1-28-12-4-11-24-19(15-5-6-16(29-2)17(13-15)30-3)18(21(26)22(24)27)20(25)14-7-9-23-10-8-14/h5-10,13,19,25H,4,11-12H2,1-3H3. The first-order valence-corrected chi connectivity index (χ1v) is 9.43. The third-order valence-electron chi connectivity index (χ3n) is 4.96. The highest BCUT2D eigenvalue weighted by atomic mass is 16.5. The van der Waals surface area contributed by atoms with Gasteiger partial charge in [0.2, 0.25) is 0 Å². The second-order valence-corrected chi connectivity index (χ2v) is 6.69. The van der Waals surface area contributed by atoms with E-state index >= 15 is 0 Å². The second kappa shape index (κ2) is 9.41. The fourth-order valence-corrected chi connectivity index (χ4v) is 3.52. The summed E-state index contributed by atoms with van der Waals surface area (Å²) in [7, 11) is 4.61. The number of aliphatic hydroxyl groups is 1. The Kier molecular flexibility index (Phi) is 6.68. The van der Waals surface area contributed by atoms with Crippen molar-refractivity contribution in [1.29, 1.82) is 0 Å². The SMILES string of the molecule is COCCCN1C(=O)C(=O)C(=C(O)c2ccncc2)C1c1ccc(OC)c(OC)c1. The van der Waals surface area contributed by atoms with Gasteiger partial charge in [-0.3, -0.25) is 14.6 Å². The molecule has 0 aliphatic carbocycles. The fraction of sp³-hybridized carbons (Fsp3) is 0.318. The Morgan fingerprint density at radius 1 is 1.07 bits per heavy atom. The van der Waals surface area contributed by atoms with E-state index in [1.807, 2.05) is 0 Å². The number of benzene rings is 1. The Hall–Kier alpha value is -3.39. The number of hydrogen-bond acceptors (Lipinski definition) is 7. The Bertz CT molecular complexity index is 957. The number of ether oxygens (including phenoxy) is 3. The summed E-state index contributed by atoms with van der Waals surface area (Å²) in [6, 6.07) is 7.56. The molecule has 8 nitrogen and oxygen atoms in total. The number of carbonyl (C=O) groups excluding carboxylic acids is 2. The first kappa shape index (κ1) is 21.3. The van der Waals surface area contributed by atoms with Gasteiger partial charge in [-0.1, -0.05) is 6.07 Å². The molecular formula is C22H24N2O6. The molecule has 1 unspecified atom stereocenters. The number of ketones is 1. The molecule has 0 bridgehead atoms. The minimum absolute atomic E-state index is 0.0239. The number of aromatic nitrogens is 1. The van der Waals surface area contributed by atoms with Crippen molar-refractivity contribution < 1.29 is 28.9 Å². The van der Waals surface area contributed by atoms with Crippen molar-refractivity contribution in [3.8, 4) is 11.5 Å². The number of nitrogens with zero attached hydrogens (tertiary/aromatic N) is 2. The minimum Gasteiger partial charge on any atom is -0.507 e. The Labute approximate surface area is 174 Å². The highest BCUT2D eigenvalue weighted by molar-refractivity contribution is 6.46. The van der Waals surface area contributed by atoms with Crippen LogP contribution in [-0.2, 0) is 14.3 Å². The summed E-state index contributed by atoms with van der Waals surface area (Å²) >= 11 is 0. The Balaban J connectivity index is 2.15.